The lowest BCUT2D eigenvalue weighted by Gasteiger charge is -2.17. The molecule has 114 valence electrons. The summed E-state index contributed by atoms with van der Waals surface area (Å²) in [5.41, 5.74) is 7.30. The van der Waals surface area contributed by atoms with Gasteiger partial charge in [-0.3, -0.25) is 4.31 Å². The van der Waals surface area contributed by atoms with Gasteiger partial charge in [0.15, 0.2) is 5.96 Å². The van der Waals surface area contributed by atoms with Crippen LogP contribution in [-0.4, -0.2) is 33.2 Å². The van der Waals surface area contributed by atoms with Crippen LogP contribution in [0.2, 0.25) is 0 Å². The first-order chi connectivity index (χ1) is 10.0. The molecule has 1 heterocycles. The normalized spacial score (nSPS) is 17.7. The molecule has 0 unspecified atom stereocenters. The van der Waals surface area contributed by atoms with E-state index in [1.54, 1.807) is 12.1 Å². The van der Waals surface area contributed by atoms with Crippen molar-refractivity contribution < 1.29 is 8.42 Å². The summed E-state index contributed by atoms with van der Waals surface area (Å²) in [6.07, 6.45) is 2.37. The highest BCUT2D eigenvalue weighted by Gasteiger charge is 2.28. The van der Waals surface area contributed by atoms with Crippen molar-refractivity contribution in [2.75, 3.05) is 23.1 Å². The molecule has 3 N–H and O–H groups in total. The summed E-state index contributed by atoms with van der Waals surface area (Å²) in [5, 5.41) is 2.89. The van der Waals surface area contributed by atoms with Crippen LogP contribution in [0.25, 0.3) is 0 Å². The van der Waals surface area contributed by atoms with Gasteiger partial charge in [-0.1, -0.05) is 18.2 Å². The van der Waals surface area contributed by atoms with Crippen molar-refractivity contribution in [3.8, 4) is 0 Å². The first-order valence-electron chi connectivity index (χ1n) is 6.77. The summed E-state index contributed by atoms with van der Waals surface area (Å²) >= 11 is 0. The van der Waals surface area contributed by atoms with Gasteiger partial charge in [0.25, 0.3) is 0 Å². The zero-order valence-electron chi connectivity index (χ0n) is 11.8. The minimum Gasteiger partial charge on any atom is -0.370 e. The molecule has 0 radical (unpaired) electrons. The maximum atomic E-state index is 11.9. The van der Waals surface area contributed by atoms with Crippen LogP contribution in [0.3, 0.4) is 0 Å². The largest absolute Gasteiger partial charge is 0.370 e. The monoisotopic (exact) mass is 308 g/mol. The minimum atomic E-state index is -3.15. The van der Waals surface area contributed by atoms with Crippen molar-refractivity contribution in [3.05, 3.63) is 42.5 Å². The number of hydrogen-bond donors (Lipinski definition) is 2. The van der Waals surface area contributed by atoms with Crippen molar-refractivity contribution in [1.82, 2.24) is 5.32 Å². The van der Waals surface area contributed by atoms with E-state index >= 15 is 0 Å². The van der Waals surface area contributed by atoms with Gasteiger partial charge in [0.1, 0.15) is 0 Å². The zero-order chi connectivity index (χ0) is 15.3. The molecule has 0 aromatic heterocycles. The predicted molar refractivity (Wildman–Crippen MR) is 85.7 cm³/mol. The number of guanidine groups is 1. The first-order valence-corrected chi connectivity index (χ1v) is 8.38. The van der Waals surface area contributed by atoms with Crippen LogP contribution in [0.1, 0.15) is 12.0 Å². The van der Waals surface area contributed by atoms with E-state index in [0.717, 1.165) is 5.56 Å². The van der Waals surface area contributed by atoms with Crippen LogP contribution in [-0.2, 0) is 16.6 Å². The maximum Gasteiger partial charge on any atom is 0.235 e. The Balaban J connectivity index is 2.10. The van der Waals surface area contributed by atoms with Gasteiger partial charge in [-0.15, -0.1) is 6.58 Å². The molecule has 7 heteroatoms. The fourth-order valence-corrected chi connectivity index (χ4v) is 3.70. The maximum absolute atomic E-state index is 11.9. The third kappa shape index (κ3) is 3.98. The molecular weight excluding hydrogens is 288 g/mol. The van der Waals surface area contributed by atoms with Crippen LogP contribution in [0, 0.1) is 0 Å². The Bertz CT molecular complexity index is 640. The Hall–Kier alpha value is -2.02. The SMILES string of the molecule is C=CCNC(N)=NCc1cccc(N2CCCS2(=O)=O)c1. The Morgan fingerprint density at radius 2 is 2.33 bits per heavy atom. The Labute approximate surface area is 125 Å². The van der Waals surface area contributed by atoms with E-state index in [1.165, 1.54) is 4.31 Å². The molecule has 2 rings (SSSR count). The zero-order valence-corrected chi connectivity index (χ0v) is 12.6. The molecule has 1 aromatic rings. The van der Waals surface area contributed by atoms with E-state index in [0.29, 0.717) is 37.7 Å². The number of aliphatic imine (C=N–C) groups is 1. The summed E-state index contributed by atoms with van der Waals surface area (Å²) < 4.78 is 25.3. The first kappa shape index (κ1) is 15.4. The topological polar surface area (TPSA) is 87.8 Å². The van der Waals surface area contributed by atoms with Crippen molar-refractivity contribution in [2.24, 2.45) is 10.7 Å². The molecule has 0 amide bonds. The van der Waals surface area contributed by atoms with Crippen molar-refractivity contribution >= 4 is 21.7 Å². The highest BCUT2D eigenvalue weighted by Crippen LogP contribution is 2.24. The number of hydrogen-bond acceptors (Lipinski definition) is 3. The van der Waals surface area contributed by atoms with E-state index < -0.39 is 10.0 Å². The van der Waals surface area contributed by atoms with Gasteiger partial charge >= 0.3 is 0 Å². The van der Waals surface area contributed by atoms with Crippen LogP contribution < -0.4 is 15.4 Å². The minimum absolute atomic E-state index is 0.216. The lowest BCUT2D eigenvalue weighted by molar-refractivity contribution is 0.599. The molecule has 21 heavy (non-hydrogen) atoms. The summed E-state index contributed by atoms with van der Waals surface area (Å²) in [6, 6.07) is 7.38. The smallest absolute Gasteiger partial charge is 0.235 e. The summed E-state index contributed by atoms with van der Waals surface area (Å²) in [6.45, 7) is 5.08. The average molecular weight is 308 g/mol. The number of nitrogens with one attached hydrogen (secondary N) is 1. The number of benzene rings is 1. The molecular formula is C14H20N4O2S. The van der Waals surface area contributed by atoms with Crippen molar-refractivity contribution in [1.29, 1.82) is 0 Å². The highest BCUT2D eigenvalue weighted by molar-refractivity contribution is 7.93. The molecule has 1 fully saturated rings. The predicted octanol–water partition coefficient (Wildman–Crippen LogP) is 0.817. The summed E-state index contributed by atoms with van der Waals surface area (Å²) in [7, 11) is -3.15. The second kappa shape index (κ2) is 6.62. The summed E-state index contributed by atoms with van der Waals surface area (Å²) in [5.74, 6) is 0.558. The third-order valence-corrected chi connectivity index (χ3v) is 5.03. The molecule has 0 spiro atoms. The van der Waals surface area contributed by atoms with Crippen LogP contribution in [0.4, 0.5) is 5.69 Å². The second-order valence-corrected chi connectivity index (χ2v) is 6.80. The van der Waals surface area contributed by atoms with Gasteiger partial charge in [0.05, 0.1) is 18.0 Å². The van der Waals surface area contributed by atoms with Gasteiger partial charge in [-0.2, -0.15) is 0 Å². The number of nitrogens with two attached hydrogens (primary N) is 1. The quantitative estimate of drug-likeness (QED) is 0.479. The number of sulfonamides is 1. The molecule has 1 aliphatic heterocycles. The van der Waals surface area contributed by atoms with E-state index in [2.05, 4.69) is 16.9 Å². The Kier molecular flexibility index (Phi) is 4.85. The third-order valence-electron chi connectivity index (χ3n) is 3.16. The number of rotatable bonds is 5. The van der Waals surface area contributed by atoms with Crippen LogP contribution in [0.15, 0.2) is 41.9 Å². The molecule has 0 bridgehead atoms. The number of nitrogens with zero attached hydrogens (tertiary/aromatic N) is 2. The number of anilines is 1. The second-order valence-electron chi connectivity index (χ2n) is 4.78. The molecule has 0 atom stereocenters. The van der Waals surface area contributed by atoms with Crippen LogP contribution >= 0.6 is 0 Å². The van der Waals surface area contributed by atoms with Gasteiger partial charge in [-0.25, -0.2) is 13.4 Å². The molecule has 1 saturated heterocycles. The van der Waals surface area contributed by atoms with E-state index in [-0.39, 0.29) is 5.75 Å². The highest BCUT2D eigenvalue weighted by atomic mass is 32.2. The van der Waals surface area contributed by atoms with E-state index in [4.69, 9.17) is 5.73 Å². The van der Waals surface area contributed by atoms with Gasteiger partial charge in [-0.05, 0) is 24.1 Å². The Morgan fingerprint density at radius 1 is 1.52 bits per heavy atom. The lowest BCUT2D eigenvalue weighted by atomic mass is 10.2. The van der Waals surface area contributed by atoms with Gasteiger partial charge < -0.3 is 11.1 Å². The molecule has 0 saturated carbocycles. The molecule has 6 nitrogen and oxygen atoms in total. The molecule has 1 aliphatic rings. The Morgan fingerprint density at radius 3 is 3.00 bits per heavy atom. The summed E-state index contributed by atoms with van der Waals surface area (Å²) in [4.78, 5) is 4.20. The molecule has 0 aliphatic carbocycles. The molecule has 1 aromatic carbocycles. The fourth-order valence-electron chi connectivity index (χ4n) is 2.15. The fraction of sp³-hybridized carbons (Fsp3) is 0.357. The van der Waals surface area contributed by atoms with Crippen LogP contribution in [0.5, 0.6) is 0 Å². The van der Waals surface area contributed by atoms with Crippen molar-refractivity contribution in [3.63, 3.8) is 0 Å². The standard InChI is InChI=1S/C14H20N4O2S/c1-2-7-16-14(15)17-11-12-5-3-6-13(10-12)18-8-4-9-21(18,19)20/h2-3,5-6,10H,1,4,7-9,11H2,(H3,15,16,17). The van der Waals surface area contributed by atoms with E-state index in [9.17, 15) is 8.42 Å². The van der Waals surface area contributed by atoms with Gasteiger partial charge in [0.2, 0.25) is 10.0 Å². The lowest BCUT2D eigenvalue weighted by Crippen LogP contribution is -2.31. The van der Waals surface area contributed by atoms with Gasteiger partial charge in [0, 0.05) is 13.1 Å². The average Bonchev–Trinajstić information content (AvgIpc) is 2.82. The van der Waals surface area contributed by atoms with E-state index in [1.807, 2.05) is 18.2 Å². The van der Waals surface area contributed by atoms with Crippen molar-refractivity contribution in [2.45, 2.75) is 13.0 Å².